The van der Waals surface area contributed by atoms with E-state index in [2.05, 4.69) is 61.4 Å². The molecule has 1 aromatic heterocycles. The molecule has 2 rings (SSSR count). The Morgan fingerprint density at radius 2 is 1.81 bits per heavy atom. The van der Waals surface area contributed by atoms with E-state index in [-0.39, 0.29) is 0 Å². The van der Waals surface area contributed by atoms with Crippen LogP contribution in [0.2, 0.25) is 0 Å². The molecule has 0 atom stereocenters. The van der Waals surface area contributed by atoms with Crippen molar-refractivity contribution in [1.82, 2.24) is 10.2 Å². The van der Waals surface area contributed by atoms with Crippen molar-refractivity contribution in [2.45, 2.75) is 40.4 Å². The minimum atomic E-state index is 0.834. The van der Waals surface area contributed by atoms with E-state index in [0.29, 0.717) is 0 Å². The number of benzene rings is 1. The molecule has 1 heterocycles. The first-order chi connectivity index (χ1) is 10.1. The molecule has 0 spiro atoms. The van der Waals surface area contributed by atoms with Crippen molar-refractivity contribution in [2.24, 2.45) is 0 Å². The van der Waals surface area contributed by atoms with E-state index in [1.807, 2.05) is 6.92 Å². The third-order valence-electron chi connectivity index (χ3n) is 3.64. The van der Waals surface area contributed by atoms with Gasteiger partial charge >= 0.3 is 0 Å². The van der Waals surface area contributed by atoms with Crippen LogP contribution in [-0.4, -0.2) is 18.5 Å². The summed E-state index contributed by atoms with van der Waals surface area (Å²) in [6.45, 7) is 9.90. The number of hydrogen-bond donors (Lipinski definition) is 1. The molecule has 1 N–H and O–H groups in total. The molecule has 0 aliphatic rings. The van der Waals surface area contributed by atoms with Crippen LogP contribution in [0.5, 0.6) is 0 Å². The standard InChI is InChI=1S/C18H26N2O/c1-5-19-11-17-10-18(21-15(17)3)13-20(4)12-16-8-6-14(2)7-9-16/h6-10,19H,5,11-13H2,1-4H3. The van der Waals surface area contributed by atoms with Gasteiger partial charge in [-0.3, -0.25) is 4.90 Å². The average Bonchev–Trinajstić information content (AvgIpc) is 2.79. The molecule has 3 heteroatoms. The van der Waals surface area contributed by atoms with E-state index in [9.17, 15) is 0 Å². The van der Waals surface area contributed by atoms with Gasteiger partial charge in [0, 0.05) is 18.7 Å². The Labute approximate surface area is 128 Å². The normalized spacial score (nSPS) is 11.3. The van der Waals surface area contributed by atoms with Crippen molar-refractivity contribution in [3.05, 3.63) is 58.5 Å². The molecule has 3 nitrogen and oxygen atoms in total. The van der Waals surface area contributed by atoms with Crippen molar-refractivity contribution in [1.29, 1.82) is 0 Å². The molecule has 2 aromatic rings. The van der Waals surface area contributed by atoms with E-state index in [1.54, 1.807) is 0 Å². The van der Waals surface area contributed by atoms with Crippen LogP contribution in [-0.2, 0) is 19.6 Å². The molecule has 0 fully saturated rings. The minimum absolute atomic E-state index is 0.834. The summed E-state index contributed by atoms with van der Waals surface area (Å²) >= 11 is 0. The number of furan rings is 1. The quantitative estimate of drug-likeness (QED) is 0.842. The summed E-state index contributed by atoms with van der Waals surface area (Å²) in [6, 6.07) is 10.9. The van der Waals surface area contributed by atoms with Crippen molar-refractivity contribution in [2.75, 3.05) is 13.6 Å². The zero-order valence-electron chi connectivity index (χ0n) is 13.6. The number of nitrogens with zero attached hydrogens (tertiary/aromatic N) is 1. The summed E-state index contributed by atoms with van der Waals surface area (Å²) in [5.74, 6) is 2.06. The summed E-state index contributed by atoms with van der Waals surface area (Å²) in [5.41, 5.74) is 3.89. The molecule has 0 aliphatic carbocycles. The van der Waals surface area contributed by atoms with Crippen LogP contribution >= 0.6 is 0 Å². The maximum Gasteiger partial charge on any atom is 0.118 e. The Morgan fingerprint density at radius 1 is 1.10 bits per heavy atom. The van der Waals surface area contributed by atoms with E-state index >= 15 is 0 Å². The SMILES string of the molecule is CCNCc1cc(CN(C)Cc2ccc(C)cc2)oc1C. The molecule has 114 valence electrons. The van der Waals surface area contributed by atoms with Crippen molar-refractivity contribution in [3.8, 4) is 0 Å². The van der Waals surface area contributed by atoms with Gasteiger partial charge in [0.25, 0.3) is 0 Å². The van der Waals surface area contributed by atoms with Crippen LogP contribution in [0, 0.1) is 13.8 Å². The molecule has 1 aromatic carbocycles. The molecule has 0 saturated heterocycles. The van der Waals surface area contributed by atoms with Crippen molar-refractivity contribution >= 4 is 0 Å². The highest BCUT2D eigenvalue weighted by Crippen LogP contribution is 2.17. The van der Waals surface area contributed by atoms with Gasteiger partial charge in [-0.25, -0.2) is 0 Å². The first-order valence-corrected chi connectivity index (χ1v) is 7.61. The van der Waals surface area contributed by atoms with Crippen LogP contribution < -0.4 is 5.32 Å². The lowest BCUT2D eigenvalue weighted by molar-refractivity contribution is 0.285. The number of nitrogens with one attached hydrogen (secondary N) is 1. The highest BCUT2D eigenvalue weighted by atomic mass is 16.3. The first kappa shape index (κ1) is 15.8. The van der Waals surface area contributed by atoms with Crippen LogP contribution in [0.1, 0.15) is 35.1 Å². The van der Waals surface area contributed by atoms with Gasteiger partial charge in [0.05, 0.1) is 6.54 Å². The monoisotopic (exact) mass is 286 g/mol. The Hall–Kier alpha value is -1.58. The highest BCUT2D eigenvalue weighted by molar-refractivity contribution is 5.22. The Balaban J connectivity index is 1.93. The average molecular weight is 286 g/mol. The van der Waals surface area contributed by atoms with Crippen molar-refractivity contribution in [3.63, 3.8) is 0 Å². The summed E-state index contributed by atoms with van der Waals surface area (Å²) in [7, 11) is 2.13. The zero-order chi connectivity index (χ0) is 15.2. The molecule has 0 unspecified atom stereocenters. The van der Waals surface area contributed by atoms with E-state index in [4.69, 9.17) is 4.42 Å². The lowest BCUT2D eigenvalue weighted by Crippen LogP contribution is -2.16. The van der Waals surface area contributed by atoms with E-state index in [0.717, 1.165) is 37.7 Å². The lowest BCUT2D eigenvalue weighted by atomic mass is 10.1. The van der Waals surface area contributed by atoms with Crippen molar-refractivity contribution < 1.29 is 4.42 Å². The van der Waals surface area contributed by atoms with Gasteiger partial charge in [-0.15, -0.1) is 0 Å². The Bertz CT molecular complexity index is 557. The molecular weight excluding hydrogens is 260 g/mol. The molecule has 0 aliphatic heterocycles. The van der Waals surface area contributed by atoms with Crippen LogP contribution in [0.15, 0.2) is 34.7 Å². The van der Waals surface area contributed by atoms with Gasteiger partial charge in [0.15, 0.2) is 0 Å². The van der Waals surface area contributed by atoms with Crippen LogP contribution in [0.25, 0.3) is 0 Å². The van der Waals surface area contributed by atoms with Gasteiger partial charge in [0.1, 0.15) is 11.5 Å². The third-order valence-corrected chi connectivity index (χ3v) is 3.64. The fourth-order valence-corrected chi connectivity index (χ4v) is 2.43. The second-order valence-corrected chi connectivity index (χ2v) is 5.73. The Morgan fingerprint density at radius 3 is 2.48 bits per heavy atom. The lowest BCUT2D eigenvalue weighted by Gasteiger charge is -2.15. The molecule has 0 radical (unpaired) electrons. The number of rotatable bonds is 7. The second-order valence-electron chi connectivity index (χ2n) is 5.73. The minimum Gasteiger partial charge on any atom is -0.465 e. The largest absolute Gasteiger partial charge is 0.465 e. The summed E-state index contributed by atoms with van der Waals surface area (Å²) in [6.07, 6.45) is 0. The maximum absolute atomic E-state index is 5.86. The summed E-state index contributed by atoms with van der Waals surface area (Å²) < 4.78 is 5.86. The highest BCUT2D eigenvalue weighted by Gasteiger charge is 2.09. The van der Waals surface area contributed by atoms with Gasteiger partial charge in [0.2, 0.25) is 0 Å². The zero-order valence-corrected chi connectivity index (χ0v) is 13.6. The van der Waals surface area contributed by atoms with E-state index in [1.165, 1.54) is 16.7 Å². The predicted octanol–water partition coefficient (Wildman–Crippen LogP) is 3.64. The maximum atomic E-state index is 5.86. The number of aryl methyl sites for hydroxylation is 2. The first-order valence-electron chi connectivity index (χ1n) is 7.61. The molecule has 21 heavy (non-hydrogen) atoms. The molecule has 0 amide bonds. The third kappa shape index (κ3) is 4.73. The fraction of sp³-hybridized carbons (Fsp3) is 0.444. The predicted molar refractivity (Wildman–Crippen MR) is 87.2 cm³/mol. The van der Waals surface area contributed by atoms with Crippen LogP contribution in [0.4, 0.5) is 0 Å². The molecule has 0 bridgehead atoms. The second kappa shape index (κ2) is 7.43. The fourth-order valence-electron chi connectivity index (χ4n) is 2.43. The van der Waals surface area contributed by atoms with Gasteiger partial charge < -0.3 is 9.73 Å². The summed E-state index contributed by atoms with van der Waals surface area (Å²) in [4.78, 5) is 2.28. The topological polar surface area (TPSA) is 28.4 Å². The summed E-state index contributed by atoms with van der Waals surface area (Å²) in [5, 5.41) is 3.34. The van der Waals surface area contributed by atoms with Gasteiger partial charge in [-0.1, -0.05) is 36.8 Å². The van der Waals surface area contributed by atoms with Gasteiger partial charge in [-0.05, 0) is 39.1 Å². The smallest absolute Gasteiger partial charge is 0.118 e. The molecular formula is C18H26N2O. The van der Waals surface area contributed by atoms with Gasteiger partial charge in [-0.2, -0.15) is 0 Å². The van der Waals surface area contributed by atoms with Crippen LogP contribution in [0.3, 0.4) is 0 Å². The Kier molecular flexibility index (Phi) is 5.59. The number of hydrogen-bond acceptors (Lipinski definition) is 3. The van der Waals surface area contributed by atoms with E-state index < -0.39 is 0 Å². The molecule has 0 saturated carbocycles.